The van der Waals surface area contributed by atoms with Gasteiger partial charge in [-0.1, -0.05) is 31.2 Å². The van der Waals surface area contributed by atoms with Gasteiger partial charge in [0.1, 0.15) is 6.61 Å². The molecule has 2 saturated heterocycles. The summed E-state index contributed by atoms with van der Waals surface area (Å²) in [5, 5.41) is 2.89. The summed E-state index contributed by atoms with van der Waals surface area (Å²) in [5.74, 6) is 1.22. The van der Waals surface area contributed by atoms with Crippen molar-refractivity contribution < 1.29 is 14.3 Å². The van der Waals surface area contributed by atoms with Gasteiger partial charge in [0.05, 0.1) is 11.5 Å². The van der Waals surface area contributed by atoms with E-state index in [1.54, 1.807) is 0 Å². The number of fused-ring (bicyclic) bond motifs is 1. The van der Waals surface area contributed by atoms with Crippen LogP contribution in [0.2, 0.25) is 0 Å². The maximum atomic E-state index is 13.0. The third kappa shape index (κ3) is 1.95. The SMILES string of the molecule is Cc1ccccc1C1C2CN(C(=O)C3CCC34COC(=O)N4)CC21C. The van der Waals surface area contributed by atoms with E-state index >= 15 is 0 Å². The van der Waals surface area contributed by atoms with Crippen LogP contribution in [0.5, 0.6) is 0 Å². The fourth-order valence-electron chi connectivity index (χ4n) is 5.59. The first-order valence-electron chi connectivity index (χ1n) is 9.24. The van der Waals surface area contributed by atoms with Gasteiger partial charge in [0.15, 0.2) is 0 Å². The Hall–Kier alpha value is -2.04. The molecule has 132 valence electrons. The van der Waals surface area contributed by atoms with Crippen molar-refractivity contribution >= 4 is 12.0 Å². The van der Waals surface area contributed by atoms with Crippen molar-refractivity contribution in [3.05, 3.63) is 35.4 Å². The molecular formula is C20H24N2O3. The molecule has 1 spiro atoms. The molecule has 5 rings (SSSR count). The monoisotopic (exact) mass is 340 g/mol. The number of ether oxygens (including phenoxy) is 1. The standard InChI is InChI=1S/C20H24N2O3/c1-12-5-3-4-6-13(12)16-15-9-22(10-19(15,16)2)17(23)14-7-8-20(14)11-25-18(24)21-20/h3-6,14-16H,7-11H2,1-2H3,(H,21,24). The highest BCUT2D eigenvalue weighted by atomic mass is 16.6. The van der Waals surface area contributed by atoms with Crippen LogP contribution in [-0.2, 0) is 9.53 Å². The number of benzene rings is 1. The van der Waals surface area contributed by atoms with Crippen molar-refractivity contribution in [3.8, 4) is 0 Å². The summed E-state index contributed by atoms with van der Waals surface area (Å²) in [6.07, 6.45) is 1.31. The molecule has 2 saturated carbocycles. The number of aryl methyl sites for hydroxylation is 1. The van der Waals surface area contributed by atoms with Crippen LogP contribution < -0.4 is 5.32 Å². The van der Waals surface area contributed by atoms with E-state index in [0.29, 0.717) is 18.4 Å². The fourth-order valence-corrected chi connectivity index (χ4v) is 5.59. The van der Waals surface area contributed by atoms with Crippen LogP contribution >= 0.6 is 0 Å². The Morgan fingerprint density at radius 1 is 1.36 bits per heavy atom. The van der Waals surface area contributed by atoms with Crippen LogP contribution in [-0.4, -0.2) is 42.1 Å². The maximum Gasteiger partial charge on any atom is 0.407 e. The molecule has 25 heavy (non-hydrogen) atoms. The lowest BCUT2D eigenvalue weighted by molar-refractivity contribution is -0.143. The van der Waals surface area contributed by atoms with Crippen molar-refractivity contribution in [2.45, 2.75) is 38.1 Å². The van der Waals surface area contributed by atoms with Gasteiger partial charge in [-0.3, -0.25) is 4.79 Å². The Kier molecular flexibility index (Phi) is 2.91. The number of piperidine rings is 1. The van der Waals surface area contributed by atoms with Crippen LogP contribution in [0, 0.1) is 24.2 Å². The van der Waals surface area contributed by atoms with Gasteiger partial charge in [0.2, 0.25) is 5.91 Å². The minimum absolute atomic E-state index is 0.114. The summed E-state index contributed by atoms with van der Waals surface area (Å²) >= 11 is 0. The fraction of sp³-hybridized carbons (Fsp3) is 0.600. The molecule has 5 unspecified atom stereocenters. The molecular weight excluding hydrogens is 316 g/mol. The first-order chi connectivity index (χ1) is 11.9. The quantitative estimate of drug-likeness (QED) is 0.900. The van der Waals surface area contributed by atoms with E-state index in [-0.39, 0.29) is 23.3 Å². The summed E-state index contributed by atoms with van der Waals surface area (Å²) in [7, 11) is 0. The highest BCUT2D eigenvalue weighted by Crippen LogP contribution is 2.69. The zero-order valence-corrected chi connectivity index (χ0v) is 14.7. The minimum atomic E-state index is -0.433. The van der Waals surface area contributed by atoms with Gasteiger partial charge in [-0.2, -0.15) is 0 Å². The van der Waals surface area contributed by atoms with Gasteiger partial charge in [0.25, 0.3) is 0 Å². The zero-order chi connectivity index (χ0) is 17.4. The molecule has 2 aliphatic heterocycles. The second-order valence-corrected chi connectivity index (χ2v) is 8.61. The number of alkyl carbamates (subject to hydrolysis) is 1. The van der Waals surface area contributed by atoms with Crippen molar-refractivity contribution in [2.75, 3.05) is 19.7 Å². The van der Waals surface area contributed by atoms with Gasteiger partial charge >= 0.3 is 6.09 Å². The van der Waals surface area contributed by atoms with E-state index in [1.165, 1.54) is 11.1 Å². The third-order valence-corrected chi connectivity index (χ3v) is 7.29. The predicted octanol–water partition coefficient (Wildman–Crippen LogP) is 2.45. The summed E-state index contributed by atoms with van der Waals surface area (Å²) in [4.78, 5) is 26.5. The van der Waals surface area contributed by atoms with E-state index < -0.39 is 5.54 Å². The Balaban J connectivity index is 1.30. The van der Waals surface area contributed by atoms with Crippen molar-refractivity contribution in [1.82, 2.24) is 10.2 Å². The molecule has 1 aromatic rings. The molecule has 1 N–H and O–H groups in total. The molecule has 0 bridgehead atoms. The molecule has 1 aromatic carbocycles. The topological polar surface area (TPSA) is 58.6 Å². The molecule has 5 atom stereocenters. The minimum Gasteiger partial charge on any atom is -0.447 e. The Morgan fingerprint density at radius 3 is 2.72 bits per heavy atom. The number of carbonyl (C=O) groups excluding carboxylic acids is 2. The number of rotatable bonds is 2. The Morgan fingerprint density at radius 2 is 2.16 bits per heavy atom. The number of nitrogens with zero attached hydrogens (tertiary/aromatic N) is 1. The number of hydrogen-bond acceptors (Lipinski definition) is 3. The Bertz CT molecular complexity index is 778. The van der Waals surface area contributed by atoms with Gasteiger partial charge in [-0.25, -0.2) is 4.79 Å². The first-order valence-corrected chi connectivity index (χ1v) is 9.24. The molecule has 4 fully saturated rings. The first kappa shape index (κ1) is 15.2. The number of amides is 2. The van der Waals surface area contributed by atoms with E-state index in [1.807, 2.05) is 4.90 Å². The average molecular weight is 340 g/mol. The number of hydrogen-bond donors (Lipinski definition) is 1. The molecule has 5 nitrogen and oxygen atoms in total. The number of cyclic esters (lactones) is 1. The Labute approximate surface area is 147 Å². The van der Waals surface area contributed by atoms with E-state index in [0.717, 1.165) is 25.9 Å². The molecule has 5 heteroatoms. The van der Waals surface area contributed by atoms with Crippen molar-refractivity contribution in [1.29, 1.82) is 0 Å². The second kappa shape index (κ2) is 4.77. The van der Waals surface area contributed by atoms with Crippen LogP contribution in [0.1, 0.15) is 36.8 Å². The van der Waals surface area contributed by atoms with Crippen LogP contribution in [0.3, 0.4) is 0 Å². The lowest BCUT2D eigenvalue weighted by Crippen LogP contribution is -2.62. The van der Waals surface area contributed by atoms with Crippen LogP contribution in [0.25, 0.3) is 0 Å². The number of carbonyl (C=O) groups is 2. The second-order valence-electron chi connectivity index (χ2n) is 8.61. The molecule has 2 heterocycles. The van der Waals surface area contributed by atoms with Gasteiger partial charge < -0.3 is 15.0 Å². The average Bonchev–Trinajstić information content (AvgIpc) is 2.90. The highest BCUT2D eigenvalue weighted by Gasteiger charge is 2.68. The normalized spacial score (nSPS) is 41.1. The van der Waals surface area contributed by atoms with Crippen LogP contribution in [0.4, 0.5) is 4.79 Å². The summed E-state index contributed by atoms with van der Waals surface area (Å²) < 4.78 is 5.07. The van der Waals surface area contributed by atoms with Gasteiger partial charge in [-0.15, -0.1) is 0 Å². The van der Waals surface area contributed by atoms with Crippen molar-refractivity contribution in [3.63, 3.8) is 0 Å². The maximum absolute atomic E-state index is 13.0. The third-order valence-electron chi connectivity index (χ3n) is 7.29. The summed E-state index contributed by atoms with van der Waals surface area (Å²) in [6, 6.07) is 8.62. The highest BCUT2D eigenvalue weighted by molar-refractivity contribution is 5.84. The van der Waals surface area contributed by atoms with Crippen LogP contribution in [0.15, 0.2) is 24.3 Å². The predicted molar refractivity (Wildman–Crippen MR) is 92.0 cm³/mol. The molecule has 2 aliphatic carbocycles. The van der Waals surface area contributed by atoms with E-state index in [2.05, 4.69) is 43.4 Å². The lowest BCUT2D eigenvalue weighted by atomic mass is 9.66. The summed E-state index contributed by atoms with van der Waals surface area (Å²) in [6.45, 7) is 6.50. The lowest BCUT2D eigenvalue weighted by Gasteiger charge is -2.45. The van der Waals surface area contributed by atoms with Gasteiger partial charge in [-0.05, 0) is 48.1 Å². The molecule has 0 radical (unpaired) electrons. The largest absolute Gasteiger partial charge is 0.447 e. The van der Waals surface area contributed by atoms with Crippen molar-refractivity contribution in [2.24, 2.45) is 17.3 Å². The molecule has 2 amide bonds. The zero-order valence-electron chi connectivity index (χ0n) is 14.7. The summed E-state index contributed by atoms with van der Waals surface area (Å²) in [5.41, 5.74) is 2.56. The molecule has 4 aliphatic rings. The smallest absolute Gasteiger partial charge is 0.407 e. The van der Waals surface area contributed by atoms with E-state index in [4.69, 9.17) is 4.74 Å². The van der Waals surface area contributed by atoms with E-state index in [9.17, 15) is 9.59 Å². The van der Waals surface area contributed by atoms with Gasteiger partial charge in [0, 0.05) is 13.1 Å². The number of likely N-dealkylation sites (tertiary alicyclic amines) is 1. The number of nitrogens with one attached hydrogen (secondary N) is 1. The molecule has 0 aromatic heterocycles.